The lowest BCUT2D eigenvalue weighted by Gasteiger charge is -2.16. The van der Waals surface area contributed by atoms with E-state index in [1.54, 1.807) is 6.92 Å². The molecule has 0 aliphatic carbocycles. The maximum absolute atomic E-state index is 11.6. The van der Waals surface area contributed by atoms with Crippen molar-refractivity contribution in [2.24, 2.45) is 0 Å². The Balaban J connectivity index is 2.61. The van der Waals surface area contributed by atoms with Gasteiger partial charge in [0.15, 0.2) is 6.10 Å². The maximum atomic E-state index is 11.6. The highest BCUT2D eigenvalue weighted by Crippen LogP contribution is 2.19. The second kappa shape index (κ2) is 6.28. The van der Waals surface area contributed by atoms with E-state index in [1.165, 1.54) is 5.56 Å². The Morgan fingerprint density at radius 3 is 2.71 bits per heavy atom. The number of aryl methyl sites for hydroxylation is 2. The van der Waals surface area contributed by atoms with E-state index >= 15 is 0 Å². The molecule has 0 spiro atoms. The molecule has 1 rings (SSSR count). The summed E-state index contributed by atoms with van der Waals surface area (Å²) in [5, 5.41) is 2.82. The van der Waals surface area contributed by atoms with Gasteiger partial charge >= 0.3 is 0 Å². The lowest BCUT2D eigenvalue weighted by atomic mass is 10.1. The molecule has 0 aliphatic heterocycles. The second-order valence-corrected chi connectivity index (χ2v) is 4.32. The number of carbonyl (C=O) groups excluding carboxylic acids is 1. The van der Waals surface area contributed by atoms with Gasteiger partial charge in [-0.15, -0.1) is 0 Å². The van der Waals surface area contributed by atoms with Crippen molar-refractivity contribution >= 4 is 5.91 Å². The first-order chi connectivity index (χ1) is 8.04. The van der Waals surface area contributed by atoms with E-state index < -0.39 is 6.10 Å². The molecule has 0 unspecified atom stereocenters. The first-order valence-corrected chi connectivity index (χ1v) is 6.06. The van der Waals surface area contributed by atoms with Crippen LogP contribution in [0.15, 0.2) is 18.2 Å². The topological polar surface area (TPSA) is 38.3 Å². The molecule has 0 aliphatic rings. The summed E-state index contributed by atoms with van der Waals surface area (Å²) in [4.78, 5) is 11.6. The molecular formula is C14H21NO2. The molecule has 3 heteroatoms. The molecule has 1 amide bonds. The zero-order chi connectivity index (χ0) is 12.8. The van der Waals surface area contributed by atoms with Crippen LogP contribution in [0.1, 0.15) is 31.4 Å². The summed E-state index contributed by atoms with van der Waals surface area (Å²) in [5.74, 6) is 0.710. The first-order valence-electron chi connectivity index (χ1n) is 6.06. The van der Waals surface area contributed by atoms with Crippen LogP contribution >= 0.6 is 0 Å². The Morgan fingerprint density at radius 2 is 2.12 bits per heavy atom. The normalized spacial score (nSPS) is 12.0. The van der Waals surface area contributed by atoms with Gasteiger partial charge in [0.2, 0.25) is 0 Å². The highest BCUT2D eigenvalue weighted by atomic mass is 16.5. The molecule has 17 heavy (non-hydrogen) atoms. The van der Waals surface area contributed by atoms with Gasteiger partial charge in [0, 0.05) is 6.54 Å². The van der Waals surface area contributed by atoms with Crippen LogP contribution in [-0.2, 0) is 4.79 Å². The summed E-state index contributed by atoms with van der Waals surface area (Å²) < 4.78 is 5.65. The summed E-state index contributed by atoms with van der Waals surface area (Å²) in [7, 11) is 0. The number of rotatable bonds is 5. The molecule has 94 valence electrons. The first kappa shape index (κ1) is 13.6. The van der Waals surface area contributed by atoms with Gasteiger partial charge in [0.1, 0.15) is 5.75 Å². The summed E-state index contributed by atoms with van der Waals surface area (Å²) in [6.45, 7) is 8.51. The third kappa shape index (κ3) is 4.10. The minimum atomic E-state index is -0.456. The number of benzene rings is 1. The summed E-state index contributed by atoms with van der Waals surface area (Å²) in [6, 6.07) is 5.94. The Labute approximate surface area is 103 Å². The standard InChI is InChI=1S/C14H21NO2/c1-5-8-15-14(16)12(4)17-13-7-6-10(2)9-11(13)3/h6-7,9,12H,5,8H2,1-4H3,(H,15,16)/t12-/m1/s1. The molecule has 0 radical (unpaired) electrons. The second-order valence-electron chi connectivity index (χ2n) is 4.32. The Morgan fingerprint density at radius 1 is 1.41 bits per heavy atom. The summed E-state index contributed by atoms with van der Waals surface area (Å²) in [6.07, 6.45) is 0.477. The van der Waals surface area contributed by atoms with E-state index in [9.17, 15) is 4.79 Å². The predicted molar refractivity (Wildman–Crippen MR) is 69.3 cm³/mol. The van der Waals surface area contributed by atoms with Crippen molar-refractivity contribution in [2.45, 2.75) is 40.2 Å². The molecule has 1 aromatic carbocycles. The van der Waals surface area contributed by atoms with Crippen LogP contribution in [0.5, 0.6) is 5.75 Å². The quantitative estimate of drug-likeness (QED) is 0.852. The third-order valence-electron chi connectivity index (χ3n) is 2.55. The van der Waals surface area contributed by atoms with E-state index in [-0.39, 0.29) is 5.91 Å². The van der Waals surface area contributed by atoms with Crippen LogP contribution in [-0.4, -0.2) is 18.6 Å². The van der Waals surface area contributed by atoms with Crippen LogP contribution in [0, 0.1) is 13.8 Å². The molecular weight excluding hydrogens is 214 g/mol. The molecule has 1 aromatic rings. The number of hydrogen-bond acceptors (Lipinski definition) is 2. The van der Waals surface area contributed by atoms with Gasteiger partial charge < -0.3 is 10.1 Å². The maximum Gasteiger partial charge on any atom is 0.260 e. The Bertz CT molecular complexity index is 388. The average Bonchev–Trinajstić information content (AvgIpc) is 2.29. The van der Waals surface area contributed by atoms with Crippen LogP contribution in [0.25, 0.3) is 0 Å². The van der Waals surface area contributed by atoms with Gasteiger partial charge in [-0.1, -0.05) is 24.6 Å². The summed E-state index contributed by atoms with van der Waals surface area (Å²) in [5.41, 5.74) is 2.25. The van der Waals surface area contributed by atoms with Crippen molar-refractivity contribution < 1.29 is 9.53 Å². The lowest BCUT2D eigenvalue weighted by Crippen LogP contribution is -2.36. The highest BCUT2D eigenvalue weighted by molar-refractivity contribution is 5.80. The molecule has 3 nitrogen and oxygen atoms in total. The van der Waals surface area contributed by atoms with Crippen LogP contribution < -0.4 is 10.1 Å². The molecule has 0 saturated heterocycles. The number of carbonyl (C=O) groups is 1. The minimum Gasteiger partial charge on any atom is -0.481 e. The number of hydrogen-bond donors (Lipinski definition) is 1. The van der Waals surface area contributed by atoms with Crippen LogP contribution in [0.4, 0.5) is 0 Å². The largest absolute Gasteiger partial charge is 0.481 e. The smallest absolute Gasteiger partial charge is 0.260 e. The molecule has 1 N–H and O–H groups in total. The monoisotopic (exact) mass is 235 g/mol. The van der Waals surface area contributed by atoms with Gasteiger partial charge in [0.05, 0.1) is 0 Å². The zero-order valence-corrected chi connectivity index (χ0v) is 11.0. The highest BCUT2D eigenvalue weighted by Gasteiger charge is 2.14. The van der Waals surface area contributed by atoms with Crippen molar-refractivity contribution in [3.63, 3.8) is 0 Å². The predicted octanol–water partition coefficient (Wildman–Crippen LogP) is 2.60. The van der Waals surface area contributed by atoms with Crippen molar-refractivity contribution in [1.82, 2.24) is 5.32 Å². The van der Waals surface area contributed by atoms with Crippen molar-refractivity contribution in [3.05, 3.63) is 29.3 Å². The van der Waals surface area contributed by atoms with E-state index in [1.807, 2.05) is 39.0 Å². The van der Waals surface area contributed by atoms with E-state index in [0.717, 1.165) is 17.7 Å². The number of amides is 1. The molecule has 1 atom stereocenters. The van der Waals surface area contributed by atoms with E-state index in [4.69, 9.17) is 4.74 Å². The molecule has 0 fully saturated rings. The molecule has 0 bridgehead atoms. The molecule has 0 aromatic heterocycles. The fraction of sp³-hybridized carbons (Fsp3) is 0.500. The number of ether oxygens (including phenoxy) is 1. The fourth-order valence-corrected chi connectivity index (χ4v) is 1.57. The fourth-order valence-electron chi connectivity index (χ4n) is 1.57. The van der Waals surface area contributed by atoms with Crippen molar-refractivity contribution in [3.8, 4) is 5.75 Å². The molecule has 0 saturated carbocycles. The van der Waals surface area contributed by atoms with Crippen LogP contribution in [0.2, 0.25) is 0 Å². The summed E-state index contributed by atoms with van der Waals surface area (Å²) >= 11 is 0. The van der Waals surface area contributed by atoms with E-state index in [2.05, 4.69) is 5.32 Å². The Hall–Kier alpha value is -1.51. The van der Waals surface area contributed by atoms with Gasteiger partial charge in [-0.2, -0.15) is 0 Å². The van der Waals surface area contributed by atoms with Gasteiger partial charge in [-0.05, 0) is 38.8 Å². The SMILES string of the molecule is CCCNC(=O)[C@@H](C)Oc1ccc(C)cc1C. The van der Waals surface area contributed by atoms with Gasteiger partial charge in [0.25, 0.3) is 5.91 Å². The number of nitrogens with one attached hydrogen (secondary N) is 1. The van der Waals surface area contributed by atoms with Gasteiger partial charge in [-0.25, -0.2) is 0 Å². The van der Waals surface area contributed by atoms with Crippen LogP contribution in [0.3, 0.4) is 0 Å². The lowest BCUT2D eigenvalue weighted by molar-refractivity contribution is -0.127. The Kier molecular flexibility index (Phi) is 5.01. The van der Waals surface area contributed by atoms with E-state index in [0.29, 0.717) is 6.54 Å². The third-order valence-corrected chi connectivity index (χ3v) is 2.55. The zero-order valence-electron chi connectivity index (χ0n) is 11.0. The molecule has 0 heterocycles. The average molecular weight is 235 g/mol. The minimum absolute atomic E-state index is 0.0631. The van der Waals surface area contributed by atoms with Gasteiger partial charge in [-0.3, -0.25) is 4.79 Å². The van der Waals surface area contributed by atoms with Crippen molar-refractivity contribution in [2.75, 3.05) is 6.54 Å². The van der Waals surface area contributed by atoms with Crippen molar-refractivity contribution in [1.29, 1.82) is 0 Å².